The van der Waals surface area contributed by atoms with Crippen LogP contribution in [0.1, 0.15) is 29.8 Å². The third-order valence-corrected chi connectivity index (χ3v) is 6.26. The first-order chi connectivity index (χ1) is 16.5. The summed E-state index contributed by atoms with van der Waals surface area (Å²) in [7, 11) is -2.79. The summed E-state index contributed by atoms with van der Waals surface area (Å²) in [6.45, 7) is 5.68. The first-order valence-corrected chi connectivity index (χ1v) is 12.0. The van der Waals surface area contributed by atoms with Crippen LogP contribution in [0.25, 0.3) is 0 Å². The number of ether oxygens (including phenoxy) is 2. The van der Waals surface area contributed by atoms with Gasteiger partial charge in [0.15, 0.2) is 0 Å². The highest BCUT2D eigenvalue weighted by molar-refractivity contribution is 7.92. The second kappa shape index (κ2) is 10.4. The predicted molar refractivity (Wildman–Crippen MR) is 132 cm³/mol. The Morgan fingerprint density at radius 2 is 1.69 bits per heavy atom. The summed E-state index contributed by atoms with van der Waals surface area (Å²) in [5.74, 6) is 0.399. The zero-order chi connectivity index (χ0) is 25.8. The Kier molecular flexibility index (Phi) is 7.60. The minimum atomic E-state index is -4.11. The second-order valence-corrected chi connectivity index (χ2v) is 9.55. The van der Waals surface area contributed by atoms with Crippen LogP contribution >= 0.6 is 0 Å². The minimum Gasteiger partial charge on any atom is -0.495 e. The normalized spacial score (nSPS) is 11.1. The van der Waals surface area contributed by atoms with Crippen LogP contribution < -0.4 is 19.5 Å². The van der Waals surface area contributed by atoms with Crippen LogP contribution in [0.15, 0.2) is 65.6 Å². The lowest BCUT2D eigenvalue weighted by Gasteiger charge is -2.14. The van der Waals surface area contributed by atoms with Crippen LogP contribution in [0.2, 0.25) is 0 Å². The maximum Gasteiger partial charge on any atom is 0.271 e. The highest BCUT2D eigenvalue weighted by atomic mass is 32.2. The molecule has 3 aromatic carbocycles. The van der Waals surface area contributed by atoms with E-state index in [1.165, 1.54) is 43.5 Å². The van der Waals surface area contributed by atoms with Gasteiger partial charge in [-0.25, -0.2) is 8.42 Å². The van der Waals surface area contributed by atoms with E-state index in [-0.39, 0.29) is 33.7 Å². The lowest BCUT2D eigenvalue weighted by Crippen LogP contribution is -2.15. The van der Waals surface area contributed by atoms with Crippen LogP contribution in [0.5, 0.6) is 11.5 Å². The number of sulfonamides is 1. The molecule has 3 rings (SSSR count). The van der Waals surface area contributed by atoms with Gasteiger partial charge in [0.05, 0.1) is 28.7 Å². The Hall–Kier alpha value is -4.12. The number of hydrogen-bond donors (Lipinski definition) is 2. The smallest absolute Gasteiger partial charge is 0.271 e. The third-order valence-electron chi connectivity index (χ3n) is 4.88. The van der Waals surface area contributed by atoms with Crippen LogP contribution in [0.3, 0.4) is 0 Å². The summed E-state index contributed by atoms with van der Waals surface area (Å²) in [4.78, 5) is 22.9. The number of non-ortho nitro benzene ring substituents is 1. The molecule has 35 heavy (non-hydrogen) atoms. The molecule has 0 aliphatic rings. The van der Waals surface area contributed by atoms with Crippen LogP contribution in [-0.2, 0) is 10.0 Å². The molecule has 0 saturated heterocycles. The highest BCUT2D eigenvalue weighted by Gasteiger charge is 2.20. The van der Waals surface area contributed by atoms with Gasteiger partial charge in [0.25, 0.3) is 21.6 Å². The van der Waals surface area contributed by atoms with E-state index in [2.05, 4.69) is 10.0 Å². The zero-order valence-electron chi connectivity index (χ0n) is 19.6. The van der Waals surface area contributed by atoms with Crippen molar-refractivity contribution < 1.29 is 27.6 Å². The fourth-order valence-corrected chi connectivity index (χ4v) is 4.26. The van der Waals surface area contributed by atoms with Crippen molar-refractivity contribution in [2.45, 2.75) is 31.8 Å². The topological polar surface area (TPSA) is 137 Å². The average Bonchev–Trinajstić information content (AvgIpc) is 2.80. The van der Waals surface area contributed by atoms with Crippen molar-refractivity contribution in [1.29, 1.82) is 0 Å². The standard InChI is InChI=1S/C24H25N3O7S/c1-15(2)34-19-8-11-21(16(3)13-19)25-24(28)17-5-9-20(10-6-17)35(31,32)26-22-14-18(27(29)30)7-12-23(22)33-4/h5-15,26H,1-4H3,(H,25,28). The Bertz CT molecular complexity index is 1350. The Balaban J connectivity index is 1.76. The fraction of sp³-hybridized carbons (Fsp3) is 0.208. The number of rotatable bonds is 9. The predicted octanol–water partition coefficient (Wildman–Crippen LogP) is 4.75. The van der Waals surface area contributed by atoms with Gasteiger partial charge in [-0.05, 0) is 74.9 Å². The third kappa shape index (κ3) is 6.27. The molecule has 0 bridgehead atoms. The van der Waals surface area contributed by atoms with E-state index in [1.54, 1.807) is 12.1 Å². The van der Waals surface area contributed by atoms with Gasteiger partial charge in [-0.2, -0.15) is 0 Å². The molecule has 2 N–H and O–H groups in total. The van der Waals surface area contributed by atoms with Crippen LogP contribution in [-0.4, -0.2) is 32.5 Å². The first kappa shape index (κ1) is 25.5. The monoisotopic (exact) mass is 499 g/mol. The van der Waals surface area contributed by atoms with Gasteiger partial charge < -0.3 is 14.8 Å². The van der Waals surface area contributed by atoms with E-state index in [1.807, 2.05) is 26.8 Å². The number of nitro benzene ring substituents is 1. The molecular formula is C24H25N3O7S. The minimum absolute atomic E-state index is 0.0252. The summed E-state index contributed by atoms with van der Waals surface area (Å²) >= 11 is 0. The maximum atomic E-state index is 12.8. The SMILES string of the molecule is COc1ccc([N+](=O)[O-])cc1NS(=O)(=O)c1ccc(C(=O)Nc2ccc(OC(C)C)cc2C)cc1. The number of amides is 1. The van der Waals surface area contributed by atoms with Gasteiger partial charge in [-0.3, -0.25) is 19.6 Å². The molecular weight excluding hydrogens is 474 g/mol. The van der Waals surface area contributed by atoms with E-state index in [9.17, 15) is 23.3 Å². The van der Waals surface area contributed by atoms with Gasteiger partial charge >= 0.3 is 0 Å². The number of aryl methyl sites for hydroxylation is 1. The summed E-state index contributed by atoms with van der Waals surface area (Å²) in [6, 6.07) is 14.2. The molecule has 0 aliphatic heterocycles. The molecule has 1 amide bonds. The summed E-state index contributed by atoms with van der Waals surface area (Å²) in [5, 5.41) is 13.8. The number of anilines is 2. The van der Waals surface area contributed by atoms with Crippen molar-refractivity contribution >= 4 is 33.0 Å². The van der Waals surface area contributed by atoms with Crippen LogP contribution in [0, 0.1) is 17.0 Å². The van der Waals surface area contributed by atoms with Crippen molar-refractivity contribution in [3.05, 3.63) is 81.9 Å². The maximum absolute atomic E-state index is 12.8. The molecule has 11 heteroatoms. The molecule has 0 aliphatic carbocycles. The van der Waals surface area contributed by atoms with Gasteiger partial charge in [0, 0.05) is 23.4 Å². The molecule has 0 radical (unpaired) electrons. The molecule has 0 heterocycles. The fourth-order valence-electron chi connectivity index (χ4n) is 3.19. The molecule has 0 fully saturated rings. The van der Waals surface area contributed by atoms with Gasteiger partial charge in [-0.15, -0.1) is 0 Å². The van der Waals surface area contributed by atoms with Crippen molar-refractivity contribution in [3.63, 3.8) is 0 Å². The molecule has 0 aromatic heterocycles. The van der Waals surface area contributed by atoms with E-state index < -0.39 is 20.9 Å². The van der Waals surface area contributed by atoms with Gasteiger partial charge in [-0.1, -0.05) is 0 Å². The average molecular weight is 500 g/mol. The largest absolute Gasteiger partial charge is 0.495 e. The van der Waals surface area contributed by atoms with E-state index >= 15 is 0 Å². The quantitative estimate of drug-likeness (QED) is 0.320. The molecule has 0 atom stereocenters. The number of methoxy groups -OCH3 is 1. The van der Waals surface area contributed by atoms with E-state index in [0.29, 0.717) is 11.4 Å². The molecule has 0 unspecified atom stereocenters. The van der Waals surface area contributed by atoms with E-state index in [0.717, 1.165) is 11.6 Å². The number of nitrogens with one attached hydrogen (secondary N) is 2. The van der Waals surface area contributed by atoms with Crippen molar-refractivity contribution in [1.82, 2.24) is 0 Å². The number of nitrogens with zero attached hydrogens (tertiary/aromatic N) is 1. The second-order valence-electron chi connectivity index (χ2n) is 7.87. The highest BCUT2D eigenvalue weighted by Crippen LogP contribution is 2.31. The lowest BCUT2D eigenvalue weighted by atomic mass is 10.1. The van der Waals surface area contributed by atoms with Crippen LogP contribution in [0.4, 0.5) is 17.1 Å². The Morgan fingerprint density at radius 3 is 2.26 bits per heavy atom. The Morgan fingerprint density at radius 1 is 1.00 bits per heavy atom. The van der Waals surface area contributed by atoms with Gasteiger partial charge in [0.1, 0.15) is 11.5 Å². The number of benzene rings is 3. The molecule has 10 nitrogen and oxygen atoms in total. The number of carbonyl (C=O) groups is 1. The number of hydrogen-bond acceptors (Lipinski definition) is 7. The zero-order valence-corrected chi connectivity index (χ0v) is 20.4. The van der Waals surface area contributed by atoms with Crippen molar-refractivity contribution in [2.75, 3.05) is 17.1 Å². The van der Waals surface area contributed by atoms with Crippen molar-refractivity contribution in [3.8, 4) is 11.5 Å². The molecule has 0 spiro atoms. The Labute approximate surface area is 203 Å². The summed E-state index contributed by atoms with van der Waals surface area (Å²) < 4.78 is 38.7. The number of nitro groups is 1. The molecule has 184 valence electrons. The summed E-state index contributed by atoms with van der Waals surface area (Å²) in [6.07, 6.45) is 0.0252. The first-order valence-electron chi connectivity index (χ1n) is 10.5. The molecule has 0 saturated carbocycles. The van der Waals surface area contributed by atoms with Gasteiger partial charge in [0.2, 0.25) is 0 Å². The lowest BCUT2D eigenvalue weighted by molar-refractivity contribution is -0.384. The van der Waals surface area contributed by atoms with E-state index in [4.69, 9.17) is 9.47 Å². The molecule has 3 aromatic rings. The van der Waals surface area contributed by atoms with Crippen molar-refractivity contribution in [2.24, 2.45) is 0 Å². The number of carbonyl (C=O) groups excluding carboxylic acids is 1. The summed E-state index contributed by atoms with van der Waals surface area (Å²) in [5.41, 5.74) is 1.28.